The molecule has 4 aliphatic rings. The molecule has 2 aromatic rings. The summed E-state index contributed by atoms with van der Waals surface area (Å²) in [5, 5.41) is 10.6. The number of halogens is 1. The number of phenolic OH excluding ortho intramolecular Hbond substituents is 1. The fourth-order valence-corrected chi connectivity index (χ4v) is 8.03. The van der Waals surface area contributed by atoms with E-state index < -0.39 is 52.9 Å². The fraction of sp³-hybridized carbons (Fsp3) is 0.367. The average molecular weight is 670 g/mol. The van der Waals surface area contributed by atoms with Crippen LogP contribution < -0.4 is 9.64 Å². The second kappa shape index (κ2) is 9.68. The van der Waals surface area contributed by atoms with Gasteiger partial charge in [-0.15, -0.1) is 0 Å². The van der Waals surface area contributed by atoms with Crippen molar-refractivity contribution in [3.63, 3.8) is 0 Å². The summed E-state index contributed by atoms with van der Waals surface area (Å²) in [5.74, 6) is -5.55. The lowest BCUT2D eigenvalue weighted by atomic mass is 9.51. The van der Waals surface area contributed by atoms with Gasteiger partial charge in [0, 0.05) is 5.92 Å². The highest BCUT2D eigenvalue weighted by Crippen LogP contribution is 2.64. The van der Waals surface area contributed by atoms with Crippen LogP contribution in [0.3, 0.4) is 0 Å². The molecule has 6 rings (SSSR count). The van der Waals surface area contributed by atoms with E-state index in [2.05, 4.69) is 0 Å². The summed E-state index contributed by atoms with van der Waals surface area (Å²) in [6, 6.07) is 12.1. The molecular formula is C30H27IN2O8. The normalized spacial score (nSPS) is 30.5. The van der Waals surface area contributed by atoms with E-state index in [4.69, 9.17) is 9.47 Å². The van der Waals surface area contributed by atoms with Crippen LogP contribution in [0, 0.1) is 32.7 Å². The van der Waals surface area contributed by atoms with Crippen molar-refractivity contribution in [1.82, 2.24) is 4.90 Å². The lowest BCUT2D eigenvalue weighted by Gasteiger charge is -2.49. The highest BCUT2D eigenvalue weighted by Gasteiger charge is 2.68. The van der Waals surface area contributed by atoms with Crippen molar-refractivity contribution >= 4 is 58.0 Å². The smallest absolute Gasteiger partial charge is 0.423 e. The third-order valence-corrected chi connectivity index (χ3v) is 10.1. The number of nitrogens with zero attached hydrogens (tertiary/aromatic N) is 2. The molecule has 212 valence electrons. The minimum atomic E-state index is -1.24. The molecule has 0 spiro atoms. The van der Waals surface area contributed by atoms with E-state index in [-0.39, 0.29) is 36.2 Å². The van der Waals surface area contributed by atoms with Gasteiger partial charge >= 0.3 is 6.09 Å². The second-order valence-corrected chi connectivity index (χ2v) is 12.2. The van der Waals surface area contributed by atoms with Gasteiger partial charge in [0.15, 0.2) is 11.5 Å². The Kier molecular flexibility index (Phi) is 6.47. The molecule has 6 atom stereocenters. The summed E-state index contributed by atoms with van der Waals surface area (Å²) in [6.45, 7) is 1.78. The number of imide groups is 4. The minimum absolute atomic E-state index is 0.0476. The molecule has 11 heteroatoms. The molecule has 1 N–H and O–H groups in total. The Morgan fingerprint density at radius 3 is 2.39 bits per heavy atom. The van der Waals surface area contributed by atoms with Gasteiger partial charge in [-0.05, 0) is 78.1 Å². The topological polar surface area (TPSA) is 131 Å². The highest BCUT2D eigenvalue weighted by molar-refractivity contribution is 14.1. The summed E-state index contributed by atoms with van der Waals surface area (Å²) in [6.07, 6.45) is 1.21. The number of hydrogen-bond donors (Lipinski definition) is 1. The molecule has 2 heterocycles. The quantitative estimate of drug-likeness (QED) is 0.295. The van der Waals surface area contributed by atoms with Crippen molar-refractivity contribution in [1.29, 1.82) is 0 Å². The molecule has 0 radical (unpaired) electrons. The number of carbonyl (C=O) groups is 5. The molecular weight excluding hydrogens is 643 g/mol. The van der Waals surface area contributed by atoms with Crippen LogP contribution >= 0.6 is 22.6 Å². The molecule has 5 amide bonds. The van der Waals surface area contributed by atoms with Crippen LogP contribution in [0.25, 0.3) is 0 Å². The Morgan fingerprint density at radius 2 is 1.73 bits per heavy atom. The number of hydrogen-bond acceptors (Lipinski definition) is 8. The van der Waals surface area contributed by atoms with E-state index in [9.17, 15) is 29.1 Å². The van der Waals surface area contributed by atoms with Crippen LogP contribution in [0.4, 0.5) is 10.5 Å². The fourth-order valence-electron chi connectivity index (χ4n) is 7.41. The van der Waals surface area contributed by atoms with Crippen LogP contribution in [0.5, 0.6) is 11.5 Å². The number of ether oxygens (including phenoxy) is 2. The summed E-state index contributed by atoms with van der Waals surface area (Å²) in [7, 11) is 2.54. The van der Waals surface area contributed by atoms with Crippen molar-refractivity contribution in [2.24, 2.45) is 29.1 Å². The van der Waals surface area contributed by atoms with Crippen molar-refractivity contribution in [2.75, 3.05) is 19.1 Å². The van der Waals surface area contributed by atoms with Gasteiger partial charge in [-0.2, -0.15) is 4.90 Å². The van der Waals surface area contributed by atoms with Crippen molar-refractivity contribution in [3.8, 4) is 11.5 Å². The molecule has 3 fully saturated rings. The number of amides is 5. The first-order valence-corrected chi connectivity index (χ1v) is 14.3. The van der Waals surface area contributed by atoms with Crippen molar-refractivity contribution in [2.45, 2.75) is 25.7 Å². The Labute approximate surface area is 249 Å². The van der Waals surface area contributed by atoms with E-state index >= 15 is 0 Å². The van der Waals surface area contributed by atoms with Gasteiger partial charge < -0.3 is 14.6 Å². The number of anilines is 1. The number of likely N-dealkylation sites (tertiary alicyclic amines) is 1. The molecule has 0 aromatic heterocycles. The second-order valence-electron chi connectivity index (χ2n) is 11.0. The summed E-state index contributed by atoms with van der Waals surface area (Å²) in [5.41, 5.74) is 0.621. The Balaban J connectivity index is 1.55. The first kappa shape index (κ1) is 27.4. The van der Waals surface area contributed by atoms with E-state index in [1.807, 2.05) is 28.7 Å². The maximum absolute atomic E-state index is 14.4. The van der Waals surface area contributed by atoms with E-state index in [0.29, 0.717) is 19.7 Å². The molecule has 2 aromatic carbocycles. The predicted molar refractivity (Wildman–Crippen MR) is 153 cm³/mol. The third kappa shape index (κ3) is 3.70. The van der Waals surface area contributed by atoms with Gasteiger partial charge in [0.25, 0.3) is 0 Å². The molecule has 10 nitrogen and oxygen atoms in total. The van der Waals surface area contributed by atoms with Gasteiger partial charge in [0.05, 0.1) is 46.6 Å². The number of phenols is 1. The number of aromatic hydroxyl groups is 1. The molecule has 0 bridgehead atoms. The SMILES string of the molecule is COC(=O)N1C(=O)C2CC=C3C(CC4C(=O)N(c5ccccc5)C(=O)C4(C)C3c3cc(I)c(O)c(OC)c3)C2C1=O. The number of benzene rings is 2. The number of allylic oxidation sites excluding steroid dienone is 2. The van der Waals surface area contributed by atoms with Crippen molar-refractivity contribution in [3.05, 3.63) is 63.2 Å². The molecule has 2 aliphatic heterocycles. The minimum Gasteiger partial charge on any atom is -0.504 e. The monoisotopic (exact) mass is 670 g/mol. The van der Waals surface area contributed by atoms with Gasteiger partial charge in [-0.25, -0.2) is 9.69 Å². The van der Waals surface area contributed by atoms with Crippen molar-refractivity contribution < 1.29 is 38.6 Å². The zero-order valence-corrected chi connectivity index (χ0v) is 24.7. The Bertz CT molecular complexity index is 1550. The van der Waals surface area contributed by atoms with Gasteiger partial charge in [0.1, 0.15) is 0 Å². The third-order valence-electron chi connectivity index (χ3n) is 9.25. The molecule has 2 saturated heterocycles. The zero-order valence-electron chi connectivity index (χ0n) is 22.5. The lowest BCUT2D eigenvalue weighted by molar-refractivity contribution is -0.138. The van der Waals surface area contributed by atoms with Gasteiger partial charge in [-0.1, -0.05) is 29.8 Å². The first-order valence-electron chi connectivity index (χ1n) is 13.2. The Hall–Kier alpha value is -3.74. The van der Waals surface area contributed by atoms with Gasteiger partial charge in [-0.3, -0.25) is 19.2 Å². The average Bonchev–Trinajstić information content (AvgIpc) is 3.34. The molecule has 1 saturated carbocycles. The Morgan fingerprint density at radius 1 is 1.02 bits per heavy atom. The summed E-state index contributed by atoms with van der Waals surface area (Å²) in [4.78, 5) is 69.4. The number of carbonyl (C=O) groups excluding carboxylic acids is 5. The molecule has 2 aliphatic carbocycles. The number of para-hydroxylation sites is 1. The van der Waals surface area contributed by atoms with E-state index in [1.165, 1.54) is 12.0 Å². The van der Waals surface area contributed by atoms with Gasteiger partial charge in [0.2, 0.25) is 23.6 Å². The maximum atomic E-state index is 14.4. The first-order chi connectivity index (χ1) is 19.6. The van der Waals surface area contributed by atoms with Crippen LogP contribution in [-0.4, -0.2) is 53.9 Å². The van der Waals surface area contributed by atoms with E-state index in [0.717, 1.165) is 12.7 Å². The van der Waals surface area contributed by atoms with Crippen LogP contribution in [0.15, 0.2) is 54.1 Å². The van der Waals surface area contributed by atoms with Crippen LogP contribution in [-0.2, 0) is 23.9 Å². The molecule has 41 heavy (non-hydrogen) atoms. The predicted octanol–water partition coefficient (Wildman–Crippen LogP) is 4.00. The van der Waals surface area contributed by atoms with Crippen LogP contribution in [0.1, 0.15) is 31.2 Å². The van der Waals surface area contributed by atoms with Crippen LogP contribution in [0.2, 0.25) is 0 Å². The van der Waals surface area contributed by atoms with E-state index in [1.54, 1.807) is 49.4 Å². The standard InChI is InChI=1S/C30H27IN2O8/c1-30-19(26(36)32(28(30)38)15-7-5-4-6-8-15)13-18-16(23(30)14-11-20(31)24(34)21(12-14)40-2)9-10-17-22(18)27(37)33(25(17)35)29(39)41-3/h4-9,11-12,17-19,22-23,34H,10,13H2,1-3H3. The largest absolute Gasteiger partial charge is 0.504 e. The number of methoxy groups -OCH3 is 2. The summed E-state index contributed by atoms with van der Waals surface area (Å²) >= 11 is 1.99. The molecule has 6 unspecified atom stereocenters. The number of rotatable bonds is 3. The lowest BCUT2D eigenvalue weighted by Crippen LogP contribution is -2.49. The summed E-state index contributed by atoms with van der Waals surface area (Å²) < 4.78 is 10.7. The number of fused-ring (bicyclic) bond motifs is 4. The maximum Gasteiger partial charge on any atom is 0.423 e. The zero-order chi connectivity index (χ0) is 29.4. The highest BCUT2D eigenvalue weighted by atomic mass is 127.